The second-order valence-corrected chi connectivity index (χ2v) is 15.8. The number of carboxylic acids is 1. The van der Waals surface area contributed by atoms with Crippen molar-refractivity contribution in [2.75, 3.05) is 0 Å². The van der Waals surface area contributed by atoms with Crippen LogP contribution in [0.15, 0.2) is 0 Å². The Hall–Kier alpha value is -0.530. The highest BCUT2D eigenvalue weighted by Gasteiger charge is 2.69. The van der Waals surface area contributed by atoms with Crippen molar-refractivity contribution in [1.29, 1.82) is 0 Å². The van der Waals surface area contributed by atoms with Crippen LogP contribution in [0.2, 0.25) is 0 Å². The zero-order chi connectivity index (χ0) is 25.0. The molecule has 0 amide bonds. The van der Waals surface area contributed by atoms with E-state index in [1.54, 1.807) is 0 Å². The van der Waals surface area contributed by atoms with E-state index < -0.39 is 5.97 Å². The van der Waals surface area contributed by atoms with Crippen molar-refractivity contribution in [3.63, 3.8) is 0 Å². The highest BCUT2D eigenvalue weighted by atomic mass is 16.4. The summed E-state index contributed by atoms with van der Waals surface area (Å²) in [6.07, 6.45) is 10.2. The van der Waals surface area contributed by atoms with Gasteiger partial charge in [0.05, 0.1) is 5.92 Å². The second kappa shape index (κ2) is 7.74. The molecular weight excluding hydrogens is 416 g/mol. The molecular formula is C32H54O2. The van der Waals surface area contributed by atoms with Crippen LogP contribution in [0.4, 0.5) is 0 Å². The molecule has 0 aromatic rings. The number of aliphatic carboxylic acids is 1. The minimum absolute atomic E-state index is 0.110. The maximum atomic E-state index is 12.3. The molecule has 5 aliphatic rings. The molecule has 1 N–H and O–H groups in total. The molecule has 5 unspecified atom stereocenters. The van der Waals surface area contributed by atoms with E-state index in [-0.39, 0.29) is 5.92 Å². The third-order valence-corrected chi connectivity index (χ3v) is 14.8. The Labute approximate surface area is 210 Å². The molecule has 0 aliphatic heterocycles. The Morgan fingerprint density at radius 3 is 2.09 bits per heavy atom. The van der Waals surface area contributed by atoms with Crippen molar-refractivity contribution in [3.05, 3.63) is 0 Å². The lowest BCUT2D eigenvalue weighted by atomic mass is 9.31. The molecule has 0 radical (unpaired) electrons. The van der Waals surface area contributed by atoms with Crippen LogP contribution in [0.1, 0.15) is 114 Å². The minimum atomic E-state index is -0.516. The van der Waals surface area contributed by atoms with Crippen LogP contribution in [0, 0.1) is 80.8 Å². The first-order valence-corrected chi connectivity index (χ1v) is 14.9. The molecule has 5 aliphatic carbocycles. The third kappa shape index (κ3) is 3.01. The Morgan fingerprint density at radius 1 is 0.794 bits per heavy atom. The molecule has 0 heterocycles. The molecule has 5 saturated carbocycles. The number of fused-ring (bicyclic) bond motifs is 7. The van der Waals surface area contributed by atoms with E-state index in [2.05, 4.69) is 62.3 Å². The summed E-state index contributed by atoms with van der Waals surface area (Å²) in [5, 5.41) is 10.1. The summed E-state index contributed by atoms with van der Waals surface area (Å²) < 4.78 is 0. The highest BCUT2D eigenvalue weighted by Crippen LogP contribution is 2.76. The zero-order valence-electron chi connectivity index (χ0n) is 23.8. The van der Waals surface area contributed by atoms with Gasteiger partial charge in [-0.25, -0.2) is 0 Å². The quantitative estimate of drug-likeness (QED) is 0.417. The molecule has 2 nitrogen and oxygen atoms in total. The summed E-state index contributed by atoms with van der Waals surface area (Å²) in [6.45, 7) is 23.2. The van der Waals surface area contributed by atoms with E-state index in [1.165, 1.54) is 38.5 Å². The molecule has 34 heavy (non-hydrogen) atoms. The highest BCUT2D eigenvalue weighted by molar-refractivity contribution is 5.70. The van der Waals surface area contributed by atoms with E-state index in [9.17, 15) is 9.90 Å². The fourth-order valence-electron chi connectivity index (χ4n) is 12.5. The van der Waals surface area contributed by atoms with Crippen molar-refractivity contribution in [2.24, 2.45) is 80.8 Å². The number of carboxylic acid groups (broad SMARTS) is 1. The van der Waals surface area contributed by atoms with Crippen molar-refractivity contribution in [1.82, 2.24) is 0 Å². The van der Waals surface area contributed by atoms with Crippen LogP contribution in [0.5, 0.6) is 0 Å². The fourth-order valence-corrected chi connectivity index (χ4v) is 12.5. The van der Waals surface area contributed by atoms with Crippen LogP contribution in [-0.4, -0.2) is 11.1 Å². The monoisotopic (exact) mass is 470 g/mol. The average molecular weight is 471 g/mol. The van der Waals surface area contributed by atoms with Gasteiger partial charge in [0, 0.05) is 0 Å². The van der Waals surface area contributed by atoms with Crippen LogP contribution >= 0.6 is 0 Å². The maximum absolute atomic E-state index is 12.3. The molecule has 0 aromatic carbocycles. The van der Waals surface area contributed by atoms with Crippen molar-refractivity contribution < 1.29 is 9.90 Å². The van der Waals surface area contributed by atoms with E-state index in [0.717, 1.165) is 36.5 Å². The Kier molecular flexibility index (Phi) is 5.72. The lowest BCUT2D eigenvalue weighted by molar-refractivity contribution is -0.250. The summed E-state index contributed by atoms with van der Waals surface area (Å²) in [7, 11) is 0. The maximum Gasteiger partial charge on any atom is 0.306 e. The summed E-state index contributed by atoms with van der Waals surface area (Å²) in [6, 6.07) is 0. The van der Waals surface area contributed by atoms with Crippen molar-refractivity contribution >= 4 is 5.97 Å². The molecule has 0 bridgehead atoms. The standard InChI is InChI=1S/C32H54O2/c1-18-16-23(28(33)34)22-12-14-31(8)24(27(22)20(18)3)10-11-26-30(7)17-19(2)21(4)29(5,6)25(30)13-15-32(26,31)9/h18-27H,10-17H2,1-9H3,(H,33,34)/t18-,19-,20+,21+,22?,23-,24?,25?,26?,27?,30+,31-,32-/m1/s1. The summed E-state index contributed by atoms with van der Waals surface area (Å²) in [5.74, 6) is 5.54. The molecule has 2 heteroatoms. The largest absolute Gasteiger partial charge is 0.481 e. The predicted molar refractivity (Wildman–Crippen MR) is 140 cm³/mol. The summed E-state index contributed by atoms with van der Waals surface area (Å²) in [4.78, 5) is 12.3. The van der Waals surface area contributed by atoms with Gasteiger partial charge < -0.3 is 5.11 Å². The molecule has 194 valence electrons. The zero-order valence-corrected chi connectivity index (χ0v) is 23.8. The lowest BCUT2D eigenvalue weighted by Gasteiger charge is -2.73. The average Bonchev–Trinajstić information content (AvgIpc) is 2.74. The molecule has 5 rings (SSSR count). The normalized spacial score (nSPS) is 58.6. The first kappa shape index (κ1) is 25.1. The lowest BCUT2D eigenvalue weighted by Crippen LogP contribution is -2.67. The van der Waals surface area contributed by atoms with Gasteiger partial charge in [0.1, 0.15) is 0 Å². The number of hydrogen-bond acceptors (Lipinski definition) is 1. The van der Waals surface area contributed by atoms with Crippen molar-refractivity contribution in [2.45, 2.75) is 114 Å². The van der Waals surface area contributed by atoms with E-state index >= 15 is 0 Å². The van der Waals surface area contributed by atoms with Crippen LogP contribution in [-0.2, 0) is 4.79 Å². The van der Waals surface area contributed by atoms with Gasteiger partial charge in [0.25, 0.3) is 0 Å². The SMILES string of the molecule is C[C@@H]1C[C@@H](C(=O)O)C2CC[C@]3(C)C(CCC4[C@@]5(C)C[C@@H](C)[C@H](C)C(C)(C)C5CC[C@]43C)C2[C@H]1C. The van der Waals surface area contributed by atoms with Crippen LogP contribution in [0.25, 0.3) is 0 Å². The van der Waals surface area contributed by atoms with Gasteiger partial charge in [0.15, 0.2) is 0 Å². The van der Waals surface area contributed by atoms with Gasteiger partial charge in [0.2, 0.25) is 0 Å². The van der Waals surface area contributed by atoms with Crippen molar-refractivity contribution in [3.8, 4) is 0 Å². The van der Waals surface area contributed by atoms with Gasteiger partial charge in [-0.15, -0.1) is 0 Å². The topological polar surface area (TPSA) is 37.3 Å². The molecule has 13 atom stereocenters. The predicted octanol–water partition coefficient (Wildman–Crippen LogP) is 8.55. The van der Waals surface area contributed by atoms with E-state index in [0.29, 0.717) is 51.2 Å². The van der Waals surface area contributed by atoms with Crippen LogP contribution in [0.3, 0.4) is 0 Å². The first-order valence-electron chi connectivity index (χ1n) is 14.9. The van der Waals surface area contributed by atoms with E-state index in [4.69, 9.17) is 0 Å². The summed E-state index contributed by atoms with van der Waals surface area (Å²) >= 11 is 0. The van der Waals surface area contributed by atoms with Gasteiger partial charge in [-0.2, -0.15) is 0 Å². The molecule has 0 aromatic heterocycles. The summed E-state index contributed by atoms with van der Waals surface area (Å²) in [5.41, 5.74) is 1.62. The van der Waals surface area contributed by atoms with Gasteiger partial charge in [-0.05, 0) is 126 Å². The molecule has 5 fully saturated rings. The van der Waals surface area contributed by atoms with Gasteiger partial charge >= 0.3 is 5.97 Å². The third-order valence-electron chi connectivity index (χ3n) is 14.8. The molecule has 0 spiro atoms. The van der Waals surface area contributed by atoms with E-state index in [1.807, 2.05) is 0 Å². The number of hydrogen-bond donors (Lipinski definition) is 1. The Balaban J connectivity index is 1.53. The minimum Gasteiger partial charge on any atom is -0.481 e. The smallest absolute Gasteiger partial charge is 0.306 e. The Morgan fingerprint density at radius 2 is 1.44 bits per heavy atom. The number of carbonyl (C=O) groups is 1. The van der Waals surface area contributed by atoms with Crippen LogP contribution < -0.4 is 0 Å². The molecule has 0 saturated heterocycles. The fraction of sp³-hybridized carbons (Fsp3) is 0.969. The number of rotatable bonds is 1. The second-order valence-electron chi connectivity index (χ2n) is 15.8. The van der Waals surface area contributed by atoms with Gasteiger partial charge in [-0.3, -0.25) is 4.79 Å². The first-order chi connectivity index (χ1) is 15.7. The van der Waals surface area contributed by atoms with Gasteiger partial charge in [-0.1, -0.05) is 62.3 Å². The Bertz CT molecular complexity index is 831.